The molecule has 1 saturated heterocycles. The van der Waals surface area contributed by atoms with Gasteiger partial charge in [-0.25, -0.2) is 0 Å². The van der Waals surface area contributed by atoms with Crippen LogP contribution in [0.25, 0.3) is 5.76 Å². The number of carbonyl (C=O) groups is 2. The van der Waals surface area contributed by atoms with E-state index in [4.69, 9.17) is 32.7 Å². The highest BCUT2D eigenvalue weighted by atomic mass is 35.5. The summed E-state index contributed by atoms with van der Waals surface area (Å²) in [6.07, 6.45) is 3.67. The number of hydrogen-bond acceptors (Lipinski definition) is 6. The second kappa shape index (κ2) is 8.73. The highest BCUT2D eigenvalue weighted by Crippen LogP contribution is 2.49. The van der Waals surface area contributed by atoms with Gasteiger partial charge in [0.25, 0.3) is 11.7 Å². The Hall–Kier alpha value is -2.22. The number of carbonyl (C=O) groups excluding carboxylic acids is 2. The molecule has 1 aliphatic carbocycles. The van der Waals surface area contributed by atoms with Crippen LogP contribution in [0.5, 0.6) is 11.5 Å². The summed E-state index contributed by atoms with van der Waals surface area (Å²) in [4.78, 5) is 28.6. The number of halogens is 2. The van der Waals surface area contributed by atoms with Crippen LogP contribution >= 0.6 is 34.5 Å². The zero-order valence-corrected chi connectivity index (χ0v) is 19.3. The molecular weight excluding hydrogens is 461 g/mol. The summed E-state index contributed by atoms with van der Waals surface area (Å²) >= 11 is 14.1. The normalized spacial score (nSPS) is 21.2. The van der Waals surface area contributed by atoms with Crippen molar-refractivity contribution in [2.75, 3.05) is 14.2 Å². The molecule has 1 saturated carbocycles. The summed E-state index contributed by atoms with van der Waals surface area (Å²) in [5.41, 5.74) is 0.138. The first kappa shape index (κ1) is 22.0. The van der Waals surface area contributed by atoms with Gasteiger partial charge >= 0.3 is 0 Å². The van der Waals surface area contributed by atoms with E-state index >= 15 is 0 Å². The van der Waals surface area contributed by atoms with Crippen molar-refractivity contribution in [3.8, 4) is 11.5 Å². The van der Waals surface area contributed by atoms with Crippen molar-refractivity contribution in [2.45, 2.75) is 37.8 Å². The quantitative estimate of drug-likeness (QED) is 0.349. The summed E-state index contributed by atoms with van der Waals surface area (Å²) in [6.45, 7) is 0. The molecule has 1 aromatic heterocycles. The minimum absolute atomic E-state index is 0.00921. The van der Waals surface area contributed by atoms with Gasteiger partial charge in [0.2, 0.25) is 0 Å². The highest BCUT2D eigenvalue weighted by molar-refractivity contribution is 7.10. The van der Waals surface area contributed by atoms with E-state index in [1.807, 2.05) is 17.5 Å². The van der Waals surface area contributed by atoms with Crippen LogP contribution in [0.3, 0.4) is 0 Å². The molecule has 1 amide bonds. The lowest BCUT2D eigenvalue weighted by Gasteiger charge is -2.29. The number of methoxy groups -OCH3 is 2. The van der Waals surface area contributed by atoms with Gasteiger partial charge in [0.15, 0.2) is 11.5 Å². The molecule has 1 aromatic carbocycles. The average Bonchev–Trinajstić information content (AvgIpc) is 3.50. The fraction of sp³-hybridized carbons (Fsp3) is 0.364. The number of hydrogen-bond donors (Lipinski definition) is 1. The minimum Gasteiger partial charge on any atom is -0.507 e. The molecule has 2 aromatic rings. The van der Waals surface area contributed by atoms with Gasteiger partial charge in [0.1, 0.15) is 10.8 Å². The molecule has 0 radical (unpaired) electrons. The van der Waals surface area contributed by atoms with Gasteiger partial charge in [-0.15, -0.1) is 11.3 Å². The monoisotopic (exact) mass is 481 g/mol. The molecule has 6 nitrogen and oxygen atoms in total. The molecule has 1 atom stereocenters. The van der Waals surface area contributed by atoms with Gasteiger partial charge in [0.05, 0.1) is 36.4 Å². The van der Waals surface area contributed by atoms with Gasteiger partial charge in [0, 0.05) is 10.9 Å². The molecule has 1 N–H and O–H groups in total. The molecule has 4 rings (SSSR count). The van der Waals surface area contributed by atoms with E-state index in [1.54, 1.807) is 4.90 Å². The van der Waals surface area contributed by atoms with Crippen molar-refractivity contribution in [3.63, 3.8) is 0 Å². The van der Waals surface area contributed by atoms with Crippen LogP contribution in [-0.4, -0.2) is 42.0 Å². The van der Waals surface area contributed by atoms with E-state index < -0.39 is 17.7 Å². The first-order valence-electron chi connectivity index (χ1n) is 9.84. The molecule has 0 bridgehead atoms. The van der Waals surface area contributed by atoms with E-state index in [0.717, 1.165) is 30.6 Å². The van der Waals surface area contributed by atoms with Crippen LogP contribution in [0, 0.1) is 0 Å². The zero-order valence-electron chi connectivity index (χ0n) is 17.0. The predicted octanol–water partition coefficient (Wildman–Crippen LogP) is 5.44. The minimum atomic E-state index is -0.729. The Kier molecular flexibility index (Phi) is 6.19. The smallest absolute Gasteiger partial charge is 0.295 e. The van der Waals surface area contributed by atoms with Gasteiger partial charge < -0.3 is 19.5 Å². The SMILES string of the molecule is COc1c(Cl)cc(/C(O)=C2/C(=O)C(=O)N(C3CCCC3)C2c2cccs2)c(OC)c1Cl. The van der Waals surface area contributed by atoms with Crippen LogP contribution in [0.1, 0.15) is 42.2 Å². The van der Waals surface area contributed by atoms with E-state index in [-0.39, 0.29) is 44.5 Å². The Morgan fingerprint density at radius 2 is 1.84 bits per heavy atom. The number of nitrogens with zero attached hydrogens (tertiary/aromatic N) is 1. The maximum Gasteiger partial charge on any atom is 0.295 e. The number of ketones is 1. The number of likely N-dealkylation sites (tertiary alicyclic amines) is 1. The number of Topliss-reactive ketones (excluding diaryl/α,β-unsaturated/α-hetero) is 1. The zero-order chi connectivity index (χ0) is 22.3. The molecule has 164 valence electrons. The number of ether oxygens (including phenoxy) is 2. The first-order chi connectivity index (χ1) is 14.9. The van der Waals surface area contributed by atoms with Gasteiger partial charge in [-0.05, 0) is 30.4 Å². The summed E-state index contributed by atoms with van der Waals surface area (Å²) in [5.74, 6) is -1.40. The molecule has 2 fully saturated rings. The van der Waals surface area contributed by atoms with Crippen LogP contribution in [0.15, 0.2) is 29.2 Å². The third kappa shape index (κ3) is 3.58. The molecule has 9 heteroatoms. The molecule has 1 unspecified atom stereocenters. The number of aliphatic hydroxyl groups excluding tert-OH is 1. The van der Waals surface area contributed by atoms with Crippen molar-refractivity contribution < 1.29 is 24.2 Å². The second-order valence-electron chi connectivity index (χ2n) is 7.45. The number of amides is 1. The average molecular weight is 482 g/mol. The number of thiophene rings is 1. The highest BCUT2D eigenvalue weighted by Gasteiger charge is 2.49. The lowest BCUT2D eigenvalue weighted by Crippen LogP contribution is -2.37. The van der Waals surface area contributed by atoms with Crippen molar-refractivity contribution in [2.24, 2.45) is 0 Å². The molecule has 0 spiro atoms. The standard InChI is InChI=1S/C22H21Cl2NO5S/c1-29-20-12(10-13(23)21(30-2)16(20)24)18(26)15-17(14-8-5-9-31-14)25(22(28)19(15)27)11-6-3-4-7-11/h5,8-11,17,26H,3-4,6-7H2,1-2H3/b18-15-. The summed E-state index contributed by atoms with van der Waals surface area (Å²) in [7, 11) is 2.80. The van der Waals surface area contributed by atoms with Crippen LogP contribution in [0.4, 0.5) is 0 Å². The Bertz CT molecular complexity index is 1060. The van der Waals surface area contributed by atoms with E-state index in [9.17, 15) is 14.7 Å². The molecule has 2 aliphatic rings. The molecule has 1 aliphatic heterocycles. The third-order valence-corrected chi connectivity index (χ3v) is 7.35. The predicted molar refractivity (Wildman–Crippen MR) is 120 cm³/mol. The largest absolute Gasteiger partial charge is 0.507 e. The van der Waals surface area contributed by atoms with Crippen molar-refractivity contribution in [3.05, 3.63) is 49.6 Å². The second-order valence-corrected chi connectivity index (χ2v) is 9.21. The van der Waals surface area contributed by atoms with Gasteiger partial charge in [-0.2, -0.15) is 0 Å². The molecular formula is C22H21Cl2NO5S. The number of benzene rings is 1. The van der Waals surface area contributed by atoms with Crippen LogP contribution in [0.2, 0.25) is 10.0 Å². The van der Waals surface area contributed by atoms with Crippen molar-refractivity contribution in [1.29, 1.82) is 0 Å². The fourth-order valence-electron chi connectivity index (χ4n) is 4.43. The Balaban J connectivity index is 1.94. The fourth-order valence-corrected chi connectivity index (χ4v) is 5.95. The lowest BCUT2D eigenvalue weighted by molar-refractivity contribution is -0.141. The maximum absolute atomic E-state index is 13.1. The summed E-state index contributed by atoms with van der Waals surface area (Å²) in [6, 6.07) is 4.43. The number of aliphatic hydroxyl groups is 1. The first-order valence-corrected chi connectivity index (χ1v) is 11.5. The van der Waals surface area contributed by atoms with Crippen molar-refractivity contribution in [1.82, 2.24) is 4.90 Å². The Labute approximate surface area is 194 Å². The third-order valence-electron chi connectivity index (χ3n) is 5.81. The van der Waals surface area contributed by atoms with Crippen LogP contribution < -0.4 is 9.47 Å². The summed E-state index contributed by atoms with van der Waals surface area (Å²) in [5, 5.41) is 13.4. The maximum atomic E-state index is 13.1. The van der Waals surface area contributed by atoms with Crippen molar-refractivity contribution >= 4 is 52.0 Å². The molecule has 31 heavy (non-hydrogen) atoms. The lowest BCUT2D eigenvalue weighted by atomic mass is 9.98. The van der Waals surface area contributed by atoms with E-state index in [0.29, 0.717) is 0 Å². The van der Waals surface area contributed by atoms with Crippen LogP contribution in [-0.2, 0) is 9.59 Å². The summed E-state index contributed by atoms with van der Waals surface area (Å²) < 4.78 is 10.6. The van der Waals surface area contributed by atoms with Gasteiger partial charge in [-0.3, -0.25) is 9.59 Å². The topological polar surface area (TPSA) is 76.1 Å². The van der Waals surface area contributed by atoms with E-state index in [2.05, 4.69) is 0 Å². The molecule has 2 heterocycles. The Morgan fingerprint density at radius 1 is 1.16 bits per heavy atom. The number of rotatable bonds is 5. The van der Waals surface area contributed by atoms with Gasteiger partial charge in [-0.1, -0.05) is 42.1 Å². The van der Waals surface area contributed by atoms with E-state index in [1.165, 1.54) is 31.6 Å². The Morgan fingerprint density at radius 3 is 2.42 bits per heavy atom.